The van der Waals surface area contributed by atoms with Crippen LogP contribution < -0.4 is 5.32 Å². The molecule has 0 aliphatic rings. The van der Waals surface area contributed by atoms with Gasteiger partial charge in [0.25, 0.3) is 0 Å². The molecule has 6 heteroatoms. The van der Waals surface area contributed by atoms with Crippen LogP contribution in [-0.4, -0.2) is 25.1 Å². The van der Waals surface area contributed by atoms with E-state index in [1.165, 1.54) is 0 Å². The van der Waals surface area contributed by atoms with Crippen molar-refractivity contribution >= 4 is 17.2 Å². The number of hydrogen-bond donors (Lipinski definition) is 1. The minimum atomic E-state index is -0.0697. The van der Waals surface area contributed by atoms with Crippen molar-refractivity contribution in [3.63, 3.8) is 0 Å². The van der Waals surface area contributed by atoms with Gasteiger partial charge in [0.1, 0.15) is 5.65 Å². The lowest BCUT2D eigenvalue weighted by Gasteiger charge is -2.05. The number of fused-ring (bicyclic) bond motifs is 1. The van der Waals surface area contributed by atoms with E-state index >= 15 is 0 Å². The van der Waals surface area contributed by atoms with E-state index in [4.69, 9.17) is 0 Å². The van der Waals surface area contributed by atoms with Gasteiger partial charge in [0.05, 0.1) is 30.5 Å². The first-order valence-electron chi connectivity index (χ1n) is 10.1. The molecule has 0 saturated heterocycles. The second-order valence-electron chi connectivity index (χ2n) is 7.41. The molecule has 0 bridgehead atoms. The third-order valence-electron chi connectivity index (χ3n) is 5.08. The maximum atomic E-state index is 12.5. The van der Waals surface area contributed by atoms with Gasteiger partial charge in [-0.1, -0.05) is 60.7 Å². The van der Waals surface area contributed by atoms with Gasteiger partial charge in [-0.3, -0.25) is 9.48 Å². The fourth-order valence-electron chi connectivity index (χ4n) is 3.58. The van der Waals surface area contributed by atoms with Crippen molar-refractivity contribution in [3.8, 4) is 11.1 Å². The minimum Gasteiger partial charge on any atom is -0.323 e. The standard InChI is InChI=1S/C25H21N5O/c31-25(14-19-9-11-21(12-10-19)20-6-2-1-3-7-20)28-22-15-26-30(17-22)18-23-16-29-13-5-4-8-24(29)27-23/h1-13,15-17H,14,18H2,(H,28,31). The Bertz CT molecular complexity index is 1290. The summed E-state index contributed by atoms with van der Waals surface area (Å²) in [5.74, 6) is -0.0697. The van der Waals surface area contributed by atoms with Gasteiger partial charge in [-0.2, -0.15) is 5.10 Å². The first-order chi connectivity index (χ1) is 15.2. The monoisotopic (exact) mass is 407 g/mol. The Kier molecular flexibility index (Phi) is 5.02. The zero-order valence-corrected chi connectivity index (χ0v) is 16.8. The molecule has 3 heterocycles. The van der Waals surface area contributed by atoms with Crippen molar-refractivity contribution in [1.82, 2.24) is 19.2 Å². The van der Waals surface area contributed by atoms with E-state index in [1.807, 2.05) is 83.7 Å². The van der Waals surface area contributed by atoms with E-state index in [-0.39, 0.29) is 5.91 Å². The third-order valence-corrected chi connectivity index (χ3v) is 5.08. The Balaban J connectivity index is 1.19. The van der Waals surface area contributed by atoms with Crippen molar-refractivity contribution in [2.45, 2.75) is 13.0 Å². The largest absolute Gasteiger partial charge is 0.323 e. The van der Waals surface area contributed by atoms with Crippen LogP contribution in [0.15, 0.2) is 97.6 Å². The van der Waals surface area contributed by atoms with Crippen LogP contribution in [0.5, 0.6) is 0 Å². The highest BCUT2D eigenvalue weighted by Gasteiger charge is 2.08. The molecule has 0 radical (unpaired) electrons. The molecule has 1 amide bonds. The molecule has 0 unspecified atom stereocenters. The Morgan fingerprint density at radius 3 is 2.45 bits per heavy atom. The molecule has 0 atom stereocenters. The topological polar surface area (TPSA) is 64.2 Å². The summed E-state index contributed by atoms with van der Waals surface area (Å²) in [5.41, 5.74) is 5.75. The minimum absolute atomic E-state index is 0.0697. The normalized spacial score (nSPS) is 11.0. The fourth-order valence-corrected chi connectivity index (χ4v) is 3.58. The first-order valence-corrected chi connectivity index (χ1v) is 10.1. The summed E-state index contributed by atoms with van der Waals surface area (Å²) in [4.78, 5) is 17.0. The summed E-state index contributed by atoms with van der Waals surface area (Å²) in [7, 11) is 0. The van der Waals surface area contributed by atoms with Crippen molar-refractivity contribution in [2.24, 2.45) is 0 Å². The molecule has 0 saturated carbocycles. The quantitative estimate of drug-likeness (QED) is 0.453. The number of anilines is 1. The van der Waals surface area contributed by atoms with Crippen molar-refractivity contribution < 1.29 is 4.79 Å². The van der Waals surface area contributed by atoms with Crippen LogP contribution in [0, 0.1) is 0 Å². The summed E-state index contributed by atoms with van der Waals surface area (Å²) >= 11 is 0. The van der Waals surface area contributed by atoms with Gasteiger partial charge >= 0.3 is 0 Å². The number of nitrogens with zero attached hydrogens (tertiary/aromatic N) is 4. The molecule has 6 nitrogen and oxygen atoms in total. The van der Waals surface area contributed by atoms with E-state index in [2.05, 4.69) is 27.5 Å². The van der Waals surface area contributed by atoms with Gasteiger partial charge in [0.15, 0.2) is 0 Å². The number of pyridine rings is 1. The number of benzene rings is 2. The van der Waals surface area contributed by atoms with Gasteiger partial charge in [-0.15, -0.1) is 0 Å². The molecular formula is C25H21N5O. The molecule has 0 aliphatic heterocycles. The highest BCUT2D eigenvalue weighted by molar-refractivity contribution is 5.92. The first kappa shape index (κ1) is 18.8. The molecular weight excluding hydrogens is 386 g/mol. The second kappa shape index (κ2) is 8.28. The Hall–Kier alpha value is -4.19. The van der Waals surface area contributed by atoms with E-state index in [0.29, 0.717) is 18.7 Å². The second-order valence-corrected chi connectivity index (χ2v) is 7.41. The Labute approximate surface area is 179 Å². The lowest BCUT2D eigenvalue weighted by atomic mass is 10.0. The SMILES string of the molecule is O=C(Cc1ccc(-c2ccccc2)cc1)Nc1cnn(Cc2cn3ccccc3n2)c1. The van der Waals surface area contributed by atoms with Crippen LogP contribution in [0.3, 0.4) is 0 Å². The number of hydrogen-bond acceptors (Lipinski definition) is 3. The molecule has 2 aromatic carbocycles. The summed E-state index contributed by atoms with van der Waals surface area (Å²) in [6.45, 7) is 0.540. The molecule has 0 aliphatic carbocycles. The lowest BCUT2D eigenvalue weighted by Crippen LogP contribution is -2.14. The number of carbonyl (C=O) groups excluding carboxylic acids is 1. The third kappa shape index (κ3) is 4.38. The van der Waals surface area contributed by atoms with Crippen LogP contribution in [-0.2, 0) is 17.8 Å². The predicted molar refractivity (Wildman–Crippen MR) is 121 cm³/mol. The molecule has 0 fully saturated rings. The highest BCUT2D eigenvalue weighted by atomic mass is 16.1. The van der Waals surface area contributed by atoms with Crippen molar-refractivity contribution in [1.29, 1.82) is 0 Å². The zero-order valence-electron chi connectivity index (χ0n) is 16.8. The van der Waals surface area contributed by atoms with E-state index < -0.39 is 0 Å². The predicted octanol–water partition coefficient (Wildman–Crippen LogP) is 4.43. The van der Waals surface area contributed by atoms with Gasteiger partial charge in [0.2, 0.25) is 5.91 Å². The molecule has 0 spiro atoms. The van der Waals surface area contributed by atoms with Crippen LogP contribution in [0.4, 0.5) is 5.69 Å². The molecule has 3 aromatic heterocycles. The smallest absolute Gasteiger partial charge is 0.228 e. The molecule has 31 heavy (non-hydrogen) atoms. The van der Waals surface area contributed by atoms with E-state index in [9.17, 15) is 4.79 Å². The highest BCUT2D eigenvalue weighted by Crippen LogP contribution is 2.19. The van der Waals surface area contributed by atoms with E-state index in [1.54, 1.807) is 10.9 Å². The number of aromatic nitrogens is 4. The number of rotatable bonds is 6. The number of nitrogens with one attached hydrogen (secondary N) is 1. The maximum Gasteiger partial charge on any atom is 0.228 e. The summed E-state index contributed by atoms with van der Waals surface area (Å²) < 4.78 is 3.75. The summed E-state index contributed by atoms with van der Waals surface area (Å²) in [6, 6.07) is 24.2. The van der Waals surface area contributed by atoms with Crippen LogP contribution in [0.2, 0.25) is 0 Å². The van der Waals surface area contributed by atoms with Crippen molar-refractivity contribution in [2.75, 3.05) is 5.32 Å². The van der Waals surface area contributed by atoms with Crippen LogP contribution in [0.1, 0.15) is 11.3 Å². The maximum absolute atomic E-state index is 12.5. The van der Waals surface area contributed by atoms with Gasteiger partial charge in [-0.25, -0.2) is 4.98 Å². The summed E-state index contributed by atoms with van der Waals surface area (Å²) in [6.07, 6.45) is 7.74. The molecule has 5 rings (SSSR count). The number of carbonyl (C=O) groups is 1. The van der Waals surface area contributed by atoms with E-state index in [0.717, 1.165) is 28.0 Å². The summed E-state index contributed by atoms with van der Waals surface area (Å²) in [5, 5.41) is 7.26. The van der Waals surface area contributed by atoms with Gasteiger partial charge in [-0.05, 0) is 28.8 Å². The zero-order chi connectivity index (χ0) is 21.0. The molecule has 1 N–H and O–H groups in total. The average molecular weight is 407 g/mol. The van der Waals surface area contributed by atoms with Crippen molar-refractivity contribution in [3.05, 3.63) is 109 Å². The van der Waals surface area contributed by atoms with Gasteiger partial charge in [0, 0.05) is 18.6 Å². The number of imidazole rings is 1. The number of amides is 1. The Morgan fingerprint density at radius 1 is 0.871 bits per heavy atom. The molecule has 5 aromatic rings. The van der Waals surface area contributed by atoms with Gasteiger partial charge < -0.3 is 9.72 Å². The lowest BCUT2D eigenvalue weighted by molar-refractivity contribution is -0.115. The fraction of sp³-hybridized carbons (Fsp3) is 0.0800. The van der Waals surface area contributed by atoms with Crippen LogP contribution >= 0.6 is 0 Å². The molecule has 152 valence electrons. The average Bonchev–Trinajstić information content (AvgIpc) is 3.41. The van der Waals surface area contributed by atoms with Crippen LogP contribution in [0.25, 0.3) is 16.8 Å². The Morgan fingerprint density at radius 2 is 1.65 bits per heavy atom.